The molecule has 0 unspecified atom stereocenters. The molecule has 9 heteroatoms. The molecule has 0 saturated carbocycles. The number of hydrogen-bond acceptors (Lipinski definition) is 5. The summed E-state index contributed by atoms with van der Waals surface area (Å²) in [5, 5.41) is 15.6. The van der Waals surface area contributed by atoms with Crippen molar-refractivity contribution in [2.24, 2.45) is 0 Å². The van der Waals surface area contributed by atoms with Gasteiger partial charge in [0.25, 0.3) is 11.8 Å². The smallest absolute Gasteiger partial charge is 0.266 e. The maximum absolute atomic E-state index is 12.6. The number of amides is 2. The van der Waals surface area contributed by atoms with Crippen molar-refractivity contribution < 1.29 is 19.1 Å². The van der Waals surface area contributed by atoms with Crippen molar-refractivity contribution in [1.29, 1.82) is 5.26 Å². The maximum atomic E-state index is 12.6. The van der Waals surface area contributed by atoms with Gasteiger partial charge in [-0.1, -0.05) is 29.8 Å². The van der Waals surface area contributed by atoms with Crippen molar-refractivity contribution in [1.82, 2.24) is 0 Å². The Hall–Kier alpha value is -3.80. The summed E-state index contributed by atoms with van der Waals surface area (Å²) in [6.45, 7) is 1.59. The molecule has 0 aliphatic rings. The summed E-state index contributed by atoms with van der Waals surface area (Å²) >= 11 is 9.26. The summed E-state index contributed by atoms with van der Waals surface area (Å²) in [6.07, 6.45) is 1.44. The molecule has 0 aliphatic heterocycles. The Morgan fingerprint density at radius 3 is 2.49 bits per heavy atom. The lowest BCUT2D eigenvalue weighted by Gasteiger charge is -2.14. The van der Waals surface area contributed by atoms with E-state index in [1.807, 2.05) is 25.1 Å². The van der Waals surface area contributed by atoms with Gasteiger partial charge in [0.1, 0.15) is 11.6 Å². The van der Waals surface area contributed by atoms with Gasteiger partial charge >= 0.3 is 0 Å². The Morgan fingerprint density at radius 2 is 1.83 bits per heavy atom. The second-order valence-corrected chi connectivity index (χ2v) is 8.61. The van der Waals surface area contributed by atoms with Crippen molar-refractivity contribution in [3.05, 3.63) is 86.9 Å². The third-order valence-corrected chi connectivity index (χ3v) is 5.64. The van der Waals surface area contributed by atoms with Crippen LogP contribution in [0, 0.1) is 18.3 Å². The van der Waals surface area contributed by atoms with Gasteiger partial charge in [-0.25, -0.2) is 0 Å². The zero-order valence-electron chi connectivity index (χ0n) is 18.9. The SMILES string of the molecule is COc1cc(/C=C(\C#N)C(=O)Nc2ccccc2C)cc(Br)c1OCC(=O)Nc1ccc(Cl)cc1. The number of para-hydroxylation sites is 1. The van der Waals surface area contributed by atoms with Crippen LogP contribution >= 0.6 is 27.5 Å². The van der Waals surface area contributed by atoms with E-state index in [0.29, 0.717) is 37.9 Å². The molecule has 3 aromatic carbocycles. The van der Waals surface area contributed by atoms with E-state index in [4.69, 9.17) is 21.1 Å². The fourth-order valence-electron chi connectivity index (χ4n) is 3.05. The summed E-state index contributed by atoms with van der Waals surface area (Å²) in [4.78, 5) is 24.9. The van der Waals surface area contributed by atoms with Crippen molar-refractivity contribution in [2.45, 2.75) is 6.92 Å². The highest BCUT2D eigenvalue weighted by Crippen LogP contribution is 2.37. The minimum absolute atomic E-state index is 0.0850. The van der Waals surface area contributed by atoms with Crippen LogP contribution < -0.4 is 20.1 Å². The van der Waals surface area contributed by atoms with E-state index in [2.05, 4.69) is 26.6 Å². The van der Waals surface area contributed by atoms with Gasteiger partial charge in [0, 0.05) is 16.4 Å². The van der Waals surface area contributed by atoms with E-state index in [-0.39, 0.29) is 18.1 Å². The first kappa shape index (κ1) is 25.8. The topological polar surface area (TPSA) is 100 Å². The summed E-state index contributed by atoms with van der Waals surface area (Å²) < 4.78 is 11.6. The fraction of sp³-hybridized carbons (Fsp3) is 0.115. The highest BCUT2D eigenvalue weighted by atomic mass is 79.9. The molecule has 35 heavy (non-hydrogen) atoms. The second-order valence-electron chi connectivity index (χ2n) is 7.32. The zero-order valence-corrected chi connectivity index (χ0v) is 21.2. The lowest BCUT2D eigenvalue weighted by atomic mass is 10.1. The van der Waals surface area contributed by atoms with Gasteiger partial charge in [0.05, 0.1) is 11.6 Å². The molecule has 2 amide bonds. The predicted molar refractivity (Wildman–Crippen MR) is 140 cm³/mol. The molecule has 3 rings (SSSR count). The largest absolute Gasteiger partial charge is 0.493 e. The Morgan fingerprint density at radius 1 is 1.11 bits per heavy atom. The number of ether oxygens (including phenoxy) is 2. The van der Waals surface area contributed by atoms with Crippen molar-refractivity contribution >= 4 is 56.8 Å². The van der Waals surface area contributed by atoms with Crippen LogP contribution in [0.4, 0.5) is 11.4 Å². The van der Waals surface area contributed by atoms with Crippen LogP contribution in [0.25, 0.3) is 6.08 Å². The standard InChI is InChI=1S/C26H21BrClN3O4/c1-16-5-3-4-6-22(16)31-26(33)18(14-29)11-17-12-21(27)25(23(13-17)34-2)35-15-24(32)30-20-9-7-19(28)8-10-20/h3-13H,15H2,1-2H3,(H,30,32)(H,31,33)/b18-11+. The summed E-state index contributed by atoms with van der Waals surface area (Å²) in [6, 6.07) is 19.2. The molecule has 0 saturated heterocycles. The Labute approximate surface area is 216 Å². The van der Waals surface area contributed by atoms with E-state index in [0.717, 1.165) is 5.56 Å². The average Bonchev–Trinajstić information content (AvgIpc) is 2.84. The number of anilines is 2. The van der Waals surface area contributed by atoms with Crippen LogP contribution in [-0.2, 0) is 9.59 Å². The summed E-state index contributed by atoms with van der Waals surface area (Å²) in [7, 11) is 1.45. The second kappa shape index (κ2) is 12.1. The first-order valence-corrected chi connectivity index (χ1v) is 11.5. The number of carbonyl (C=O) groups is 2. The molecular weight excluding hydrogens is 534 g/mol. The molecule has 0 fully saturated rings. The molecule has 178 valence electrons. The fourth-order valence-corrected chi connectivity index (χ4v) is 3.75. The van der Waals surface area contributed by atoms with E-state index in [1.165, 1.54) is 13.2 Å². The highest BCUT2D eigenvalue weighted by molar-refractivity contribution is 9.10. The Kier molecular flexibility index (Phi) is 8.90. The van der Waals surface area contributed by atoms with Gasteiger partial charge < -0.3 is 20.1 Å². The third-order valence-electron chi connectivity index (χ3n) is 4.80. The normalized spacial score (nSPS) is 10.8. The van der Waals surface area contributed by atoms with Gasteiger partial charge in [-0.3, -0.25) is 9.59 Å². The Balaban J connectivity index is 1.74. The molecule has 0 heterocycles. The van der Waals surface area contributed by atoms with Gasteiger partial charge in [-0.05, 0) is 82.5 Å². The van der Waals surface area contributed by atoms with Gasteiger partial charge in [0.2, 0.25) is 0 Å². The number of nitriles is 1. The molecule has 0 aliphatic carbocycles. The number of halogens is 2. The van der Waals surface area contributed by atoms with Crippen LogP contribution in [0.15, 0.2) is 70.7 Å². The quantitative estimate of drug-likeness (QED) is 0.263. The van der Waals surface area contributed by atoms with Crippen molar-refractivity contribution in [3.8, 4) is 17.6 Å². The van der Waals surface area contributed by atoms with Gasteiger partial charge in [0.15, 0.2) is 18.1 Å². The lowest BCUT2D eigenvalue weighted by molar-refractivity contribution is -0.118. The van der Waals surface area contributed by atoms with E-state index < -0.39 is 5.91 Å². The van der Waals surface area contributed by atoms with Crippen LogP contribution in [0.5, 0.6) is 11.5 Å². The molecule has 0 atom stereocenters. The highest BCUT2D eigenvalue weighted by Gasteiger charge is 2.16. The first-order valence-electron chi connectivity index (χ1n) is 10.3. The molecule has 0 aromatic heterocycles. The molecule has 0 bridgehead atoms. The summed E-state index contributed by atoms with van der Waals surface area (Å²) in [5.74, 6) is -0.277. The molecular formula is C26H21BrClN3O4. The van der Waals surface area contributed by atoms with Gasteiger partial charge in [-0.15, -0.1) is 0 Å². The van der Waals surface area contributed by atoms with Crippen LogP contribution in [-0.4, -0.2) is 25.5 Å². The van der Waals surface area contributed by atoms with Gasteiger partial charge in [-0.2, -0.15) is 5.26 Å². The monoisotopic (exact) mass is 553 g/mol. The number of methoxy groups -OCH3 is 1. The third kappa shape index (κ3) is 7.09. The van der Waals surface area contributed by atoms with Crippen molar-refractivity contribution in [2.75, 3.05) is 24.4 Å². The average molecular weight is 555 g/mol. The van der Waals surface area contributed by atoms with E-state index >= 15 is 0 Å². The number of benzene rings is 3. The van der Waals surface area contributed by atoms with E-state index in [1.54, 1.807) is 48.5 Å². The van der Waals surface area contributed by atoms with Crippen LogP contribution in [0.1, 0.15) is 11.1 Å². The van der Waals surface area contributed by atoms with E-state index in [9.17, 15) is 14.9 Å². The molecule has 7 nitrogen and oxygen atoms in total. The zero-order chi connectivity index (χ0) is 25.4. The predicted octanol–water partition coefficient (Wildman–Crippen LogP) is 5.98. The number of nitrogens with zero attached hydrogens (tertiary/aromatic N) is 1. The summed E-state index contributed by atoms with van der Waals surface area (Å²) in [5.41, 5.74) is 2.53. The first-order chi connectivity index (χ1) is 16.8. The van der Waals surface area contributed by atoms with Crippen LogP contribution in [0.3, 0.4) is 0 Å². The van der Waals surface area contributed by atoms with Crippen LogP contribution in [0.2, 0.25) is 5.02 Å². The number of nitrogens with one attached hydrogen (secondary N) is 2. The number of aryl methyl sites for hydroxylation is 1. The molecule has 2 N–H and O–H groups in total. The maximum Gasteiger partial charge on any atom is 0.266 e. The van der Waals surface area contributed by atoms with Crippen molar-refractivity contribution in [3.63, 3.8) is 0 Å². The number of carbonyl (C=O) groups excluding carboxylic acids is 2. The number of hydrogen-bond donors (Lipinski definition) is 2. The minimum Gasteiger partial charge on any atom is -0.493 e. The molecule has 0 spiro atoms. The molecule has 0 radical (unpaired) electrons. The Bertz CT molecular complexity index is 1320. The minimum atomic E-state index is -0.531. The lowest BCUT2D eigenvalue weighted by Crippen LogP contribution is -2.20. The number of rotatable bonds is 8. The molecule has 3 aromatic rings.